The lowest BCUT2D eigenvalue weighted by Crippen LogP contribution is -2.20. The summed E-state index contributed by atoms with van der Waals surface area (Å²) in [4.78, 5) is 18.3. The lowest BCUT2D eigenvalue weighted by Gasteiger charge is -2.14. The molecule has 0 spiro atoms. The Labute approximate surface area is 114 Å². The number of rotatable bonds is 6. The van der Waals surface area contributed by atoms with Crippen LogP contribution in [0.15, 0.2) is 22.9 Å². The Morgan fingerprint density at radius 1 is 1.50 bits per heavy atom. The Hall–Kier alpha value is -1.24. The summed E-state index contributed by atoms with van der Waals surface area (Å²) in [7, 11) is 2.02. The van der Waals surface area contributed by atoms with Crippen molar-refractivity contribution in [3.8, 4) is 0 Å². The standard InChI is InChI=1S/C12H14N2O2S2/c1-14(5-4-10-3-2-6-17-10)7-9-8-18-11(13-9)12(15)16/h2-3,6,8H,4-5,7H2,1H3,(H,15,16). The molecule has 0 saturated carbocycles. The van der Waals surface area contributed by atoms with Gasteiger partial charge in [-0.2, -0.15) is 0 Å². The van der Waals surface area contributed by atoms with Crippen LogP contribution in [0.25, 0.3) is 0 Å². The summed E-state index contributed by atoms with van der Waals surface area (Å²) in [5, 5.41) is 12.8. The summed E-state index contributed by atoms with van der Waals surface area (Å²) in [6, 6.07) is 4.18. The molecule has 0 atom stereocenters. The number of thiophene rings is 1. The normalized spacial score (nSPS) is 11.0. The van der Waals surface area contributed by atoms with Gasteiger partial charge in [0.25, 0.3) is 0 Å². The first-order valence-electron chi connectivity index (χ1n) is 5.54. The van der Waals surface area contributed by atoms with Crippen LogP contribution in [-0.2, 0) is 13.0 Å². The van der Waals surface area contributed by atoms with Gasteiger partial charge in [-0.15, -0.1) is 22.7 Å². The Morgan fingerprint density at radius 2 is 2.33 bits per heavy atom. The topological polar surface area (TPSA) is 53.4 Å². The van der Waals surface area contributed by atoms with Crippen LogP contribution in [0.2, 0.25) is 0 Å². The van der Waals surface area contributed by atoms with Gasteiger partial charge in [0.05, 0.1) is 5.69 Å². The van der Waals surface area contributed by atoms with Crippen molar-refractivity contribution in [2.45, 2.75) is 13.0 Å². The smallest absolute Gasteiger partial charge is 0.365 e. The van der Waals surface area contributed by atoms with Gasteiger partial charge in [0.1, 0.15) is 0 Å². The van der Waals surface area contributed by atoms with Gasteiger partial charge in [-0.25, -0.2) is 9.78 Å². The van der Waals surface area contributed by atoms with E-state index >= 15 is 0 Å². The van der Waals surface area contributed by atoms with Crippen LogP contribution in [0.1, 0.15) is 20.4 Å². The average Bonchev–Trinajstić information content (AvgIpc) is 2.96. The monoisotopic (exact) mass is 282 g/mol. The fourth-order valence-corrected chi connectivity index (χ4v) is 2.93. The van der Waals surface area contributed by atoms with Crippen molar-refractivity contribution in [2.75, 3.05) is 13.6 Å². The number of carbonyl (C=O) groups is 1. The van der Waals surface area contributed by atoms with Gasteiger partial charge in [0, 0.05) is 23.3 Å². The number of hydrogen-bond acceptors (Lipinski definition) is 5. The maximum absolute atomic E-state index is 10.7. The molecule has 2 aromatic rings. The predicted molar refractivity (Wildman–Crippen MR) is 73.4 cm³/mol. The summed E-state index contributed by atoms with van der Waals surface area (Å²) in [6.45, 7) is 1.63. The zero-order valence-corrected chi connectivity index (χ0v) is 11.6. The van der Waals surface area contributed by atoms with E-state index in [9.17, 15) is 4.79 Å². The molecule has 2 rings (SSSR count). The van der Waals surface area contributed by atoms with E-state index in [4.69, 9.17) is 5.11 Å². The lowest BCUT2D eigenvalue weighted by molar-refractivity contribution is 0.0696. The highest BCUT2D eigenvalue weighted by Gasteiger charge is 2.10. The number of thiazole rings is 1. The zero-order valence-electron chi connectivity index (χ0n) is 10.00. The highest BCUT2D eigenvalue weighted by Crippen LogP contribution is 2.13. The summed E-state index contributed by atoms with van der Waals surface area (Å²) in [5.41, 5.74) is 0.825. The SMILES string of the molecule is CN(CCc1cccs1)Cc1csc(C(=O)O)n1. The van der Waals surface area contributed by atoms with E-state index in [1.807, 2.05) is 12.4 Å². The third-order valence-corrected chi connectivity index (χ3v) is 4.30. The molecule has 4 nitrogen and oxygen atoms in total. The Balaban J connectivity index is 1.82. The van der Waals surface area contributed by atoms with Crippen molar-refractivity contribution in [3.05, 3.63) is 38.5 Å². The number of aromatic carboxylic acids is 1. The van der Waals surface area contributed by atoms with E-state index in [1.165, 1.54) is 16.2 Å². The largest absolute Gasteiger partial charge is 0.476 e. The fourth-order valence-electron chi connectivity index (χ4n) is 1.59. The molecule has 6 heteroatoms. The van der Waals surface area contributed by atoms with Crippen molar-refractivity contribution in [3.63, 3.8) is 0 Å². The minimum atomic E-state index is -0.951. The summed E-state index contributed by atoms with van der Waals surface area (Å²) >= 11 is 2.94. The van der Waals surface area contributed by atoms with Crippen LogP contribution in [0.5, 0.6) is 0 Å². The second kappa shape index (κ2) is 6.08. The molecule has 0 radical (unpaired) electrons. The predicted octanol–water partition coefficient (Wildman–Crippen LogP) is 2.58. The molecular formula is C12H14N2O2S2. The first-order chi connectivity index (χ1) is 8.65. The molecule has 2 heterocycles. The lowest BCUT2D eigenvalue weighted by atomic mass is 10.3. The van der Waals surface area contributed by atoms with Crippen molar-refractivity contribution < 1.29 is 9.90 Å². The summed E-state index contributed by atoms with van der Waals surface area (Å²) in [6.07, 6.45) is 1.02. The van der Waals surface area contributed by atoms with Crippen molar-refractivity contribution >= 4 is 28.6 Å². The molecule has 0 aliphatic heterocycles. The van der Waals surface area contributed by atoms with Crippen LogP contribution in [-0.4, -0.2) is 34.6 Å². The fraction of sp³-hybridized carbons (Fsp3) is 0.333. The highest BCUT2D eigenvalue weighted by atomic mass is 32.1. The van der Waals surface area contributed by atoms with Gasteiger partial charge in [0.2, 0.25) is 5.01 Å². The van der Waals surface area contributed by atoms with Gasteiger partial charge in [0.15, 0.2) is 0 Å². The number of likely N-dealkylation sites (N-methyl/N-ethyl adjacent to an activating group) is 1. The molecule has 0 amide bonds. The molecule has 2 aromatic heterocycles. The van der Waals surface area contributed by atoms with E-state index in [0.717, 1.165) is 18.7 Å². The van der Waals surface area contributed by atoms with Crippen molar-refractivity contribution in [2.24, 2.45) is 0 Å². The van der Waals surface area contributed by atoms with Crippen LogP contribution < -0.4 is 0 Å². The maximum atomic E-state index is 10.7. The number of carboxylic acids is 1. The second-order valence-corrected chi connectivity index (χ2v) is 5.91. The molecule has 0 unspecified atom stereocenters. The molecule has 0 aliphatic rings. The molecule has 0 aliphatic carbocycles. The number of nitrogens with zero attached hydrogens (tertiary/aromatic N) is 2. The van der Waals surface area contributed by atoms with Crippen LogP contribution in [0, 0.1) is 0 Å². The third-order valence-electron chi connectivity index (χ3n) is 2.49. The number of carboxylic acid groups (broad SMARTS) is 1. The molecule has 96 valence electrons. The van der Waals surface area contributed by atoms with E-state index < -0.39 is 5.97 Å². The van der Waals surface area contributed by atoms with Gasteiger partial charge in [-0.1, -0.05) is 6.07 Å². The van der Waals surface area contributed by atoms with Crippen LogP contribution in [0.4, 0.5) is 0 Å². The Kier molecular flexibility index (Phi) is 4.46. The Bertz CT molecular complexity index is 508. The van der Waals surface area contributed by atoms with E-state index in [-0.39, 0.29) is 5.01 Å². The molecule has 1 N–H and O–H groups in total. The van der Waals surface area contributed by atoms with Gasteiger partial charge < -0.3 is 10.0 Å². The van der Waals surface area contributed by atoms with E-state index in [2.05, 4.69) is 27.4 Å². The third kappa shape index (κ3) is 3.63. The van der Waals surface area contributed by atoms with Crippen molar-refractivity contribution in [1.82, 2.24) is 9.88 Å². The molecule has 18 heavy (non-hydrogen) atoms. The molecule has 0 aromatic carbocycles. The molecule has 0 fully saturated rings. The number of aromatic nitrogens is 1. The van der Waals surface area contributed by atoms with Crippen LogP contribution >= 0.6 is 22.7 Å². The zero-order chi connectivity index (χ0) is 13.0. The first kappa shape index (κ1) is 13.2. The highest BCUT2D eigenvalue weighted by molar-refractivity contribution is 7.11. The average molecular weight is 282 g/mol. The molecular weight excluding hydrogens is 268 g/mol. The molecule has 0 saturated heterocycles. The van der Waals surface area contributed by atoms with Gasteiger partial charge >= 0.3 is 5.97 Å². The molecule has 0 bridgehead atoms. The van der Waals surface area contributed by atoms with Gasteiger partial charge in [-0.3, -0.25) is 0 Å². The first-order valence-corrected chi connectivity index (χ1v) is 7.29. The quantitative estimate of drug-likeness (QED) is 0.884. The van der Waals surface area contributed by atoms with E-state index in [0.29, 0.717) is 6.54 Å². The minimum Gasteiger partial charge on any atom is -0.476 e. The van der Waals surface area contributed by atoms with Crippen molar-refractivity contribution in [1.29, 1.82) is 0 Å². The second-order valence-electron chi connectivity index (χ2n) is 4.02. The Morgan fingerprint density at radius 3 is 2.94 bits per heavy atom. The number of hydrogen-bond donors (Lipinski definition) is 1. The van der Waals surface area contributed by atoms with Gasteiger partial charge in [-0.05, 0) is 24.9 Å². The maximum Gasteiger partial charge on any atom is 0.365 e. The summed E-state index contributed by atoms with van der Waals surface area (Å²) in [5.74, 6) is -0.951. The summed E-state index contributed by atoms with van der Waals surface area (Å²) < 4.78 is 0. The van der Waals surface area contributed by atoms with Crippen LogP contribution in [0.3, 0.4) is 0 Å². The minimum absolute atomic E-state index is 0.164. The van der Waals surface area contributed by atoms with E-state index in [1.54, 1.807) is 11.3 Å².